The number of anilines is 2. The number of benzene rings is 2. The van der Waals surface area contributed by atoms with E-state index in [1.54, 1.807) is 18.2 Å². The van der Waals surface area contributed by atoms with Crippen molar-refractivity contribution < 1.29 is 19.1 Å². The van der Waals surface area contributed by atoms with Gasteiger partial charge in [0.1, 0.15) is 0 Å². The molecule has 2 aliphatic heterocycles. The van der Waals surface area contributed by atoms with Crippen LogP contribution in [0.15, 0.2) is 42.5 Å². The quantitative estimate of drug-likeness (QED) is 0.909. The van der Waals surface area contributed by atoms with E-state index >= 15 is 0 Å². The Hall–Kier alpha value is -3.02. The Bertz CT molecular complexity index is 942. The van der Waals surface area contributed by atoms with Crippen molar-refractivity contribution >= 4 is 23.2 Å². The van der Waals surface area contributed by atoms with E-state index in [9.17, 15) is 9.59 Å². The first-order chi connectivity index (χ1) is 13.1. The van der Waals surface area contributed by atoms with E-state index in [4.69, 9.17) is 9.47 Å². The maximum atomic E-state index is 13.0. The Morgan fingerprint density at radius 1 is 1.07 bits per heavy atom. The van der Waals surface area contributed by atoms with Crippen LogP contribution in [0.4, 0.5) is 11.4 Å². The second-order valence-corrected chi connectivity index (χ2v) is 7.40. The molecule has 2 amide bonds. The molecule has 6 nitrogen and oxygen atoms in total. The standard InChI is InChI=1S/C21H20N2O4/c1-12-8-13-4-2-3-5-17(13)23(12)21(25)16-10-15(16)20(24)22-14-6-7-18-19(9-14)27-11-26-18/h2-7,9,12,15-16H,8,10-11H2,1H3,(H,22,24). The van der Waals surface area contributed by atoms with Crippen molar-refractivity contribution in [3.05, 3.63) is 48.0 Å². The summed E-state index contributed by atoms with van der Waals surface area (Å²) in [5.74, 6) is 0.717. The summed E-state index contributed by atoms with van der Waals surface area (Å²) in [6.07, 6.45) is 1.46. The van der Waals surface area contributed by atoms with E-state index in [1.807, 2.05) is 23.1 Å². The number of nitrogens with zero attached hydrogens (tertiary/aromatic N) is 1. The van der Waals surface area contributed by atoms with Crippen molar-refractivity contribution in [3.63, 3.8) is 0 Å². The first-order valence-electron chi connectivity index (χ1n) is 9.23. The van der Waals surface area contributed by atoms with Crippen LogP contribution in [0.25, 0.3) is 0 Å². The van der Waals surface area contributed by atoms with E-state index in [1.165, 1.54) is 5.56 Å². The number of carbonyl (C=O) groups excluding carboxylic acids is 2. The maximum Gasteiger partial charge on any atom is 0.231 e. The van der Waals surface area contributed by atoms with Crippen LogP contribution in [0.2, 0.25) is 0 Å². The first kappa shape index (κ1) is 16.2. The zero-order valence-corrected chi connectivity index (χ0v) is 15.0. The number of fused-ring (bicyclic) bond motifs is 2. The van der Waals surface area contributed by atoms with Crippen LogP contribution in [-0.4, -0.2) is 24.6 Å². The Morgan fingerprint density at radius 2 is 1.89 bits per heavy atom. The topological polar surface area (TPSA) is 67.9 Å². The van der Waals surface area contributed by atoms with Crippen LogP contribution in [-0.2, 0) is 16.0 Å². The van der Waals surface area contributed by atoms with Gasteiger partial charge in [0.25, 0.3) is 0 Å². The maximum absolute atomic E-state index is 13.0. The van der Waals surface area contributed by atoms with Crippen molar-refractivity contribution in [3.8, 4) is 11.5 Å². The average molecular weight is 364 g/mol. The van der Waals surface area contributed by atoms with Gasteiger partial charge in [-0.05, 0) is 43.5 Å². The molecule has 3 atom stereocenters. The number of para-hydroxylation sites is 1. The van der Waals surface area contributed by atoms with Crippen LogP contribution in [0.1, 0.15) is 18.9 Å². The minimum atomic E-state index is -0.275. The molecule has 1 fully saturated rings. The van der Waals surface area contributed by atoms with Crippen molar-refractivity contribution in [2.75, 3.05) is 17.0 Å². The van der Waals surface area contributed by atoms with Gasteiger partial charge in [-0.15, -0.1) is 0 Å². The van der Waals surface area contributed by atoms with Crippen LogP contribution >= 0.6 is 0 Å². The number of nitrogens with one attached hydrogen (secondary N) is 1. The third-order valence-electron chi connectivity index (χ3n) is 5.53. The van der Waals surface area contributed by atoms with Crippen molar-refractivity contribution in [2.24, 2.45) is 11.8 Å². The molecule has 1 aliphatic carbocycles. The van der Waals surface area contributed by atoms with Gasteiger partial charge in [0.2, 0.25) is 18.6 Å². The summed E-state index contributed by atoms with van der Waals surface area (Å²) < 4.78 is 10.6. The summed E-state index contributed by atoms with van der Waals surface area (Å²) in [5, 5.41) is 2.89. The normalized spacial score (nSPS) is 24.5. The summed E-state index contributed by atoms with van der Waals surface area (Å²) >= 11 is 0. The molecular formula is C21H20N2O4. The lowest BCUT2D eigenvalue weighted by atomic mass is 10.1. The largest absolute Gasteiger partial charge is 0.454 e. The lowest BCUT2D eigenvalue weighted by Crippen LogP contribution is -2.37. The Kier molecular flexibility index (Phi) is 3.60. The molecule has 5 rings (SSSR count). The van der Waals surface area contributed by atoms with Gasteiger partial charge in [-0.25, -0.2) is 0 Å². The minimum Gasteiger partial charge on any atom is -0.454 e. The van der Waals surface area contributed by atoms with Gasteiger partial charge >= 0.3 is 0 Å². The molecule has 2 aromatic rings. The van der Waals surface area contributed by atoms with Gasteiger partial charge in [-0.1, -0.05) is 18.2 Å². The van der Waals surface area contributed by atoms with Crippen molar-refractivity contribution in [1.82, 2.24) is 0 Å². The van der Waals surface area contributed by atoms with Gasteiger partial charge in [-0.2, -0.15) is 0 Å². The summed E-state index contributed by atoms with van der Waals surface area (Å²) in [6, 6.07) is 13.4. The van der Waals surface area contributed by atoms with E-state index in [-0.39, 0.29) is 36.5 Å². The van der Waals surface area contributed by atoms with Crippen molar-refractivity contribution in [1.29, 1.82) is 0 Å². The highest BCUT2D eigenvalue weighted by Gasteiger charge is 2.51. The Balaban J connectivity index is 1.26. The highest BCUT2D eigenvalue weighted by molar-refractivity contribution is 6.05. The van der Waals surface area contributed by atoms with E-state index in [0.29, 0.717) is 23.6 Å². The monoisotopic (exact) mass is 364 g/mol. The second-order valence-electron chi connectivity index (χ2n) is 7.40. The van der Waals surface area contributed by atoms with Crippen LogP contribution in [0, 0.1) is 11.8 Å². The predicted molar refractivity (Wildman–Crippen MR) is 99.9 cm³/mol. The molecule has 1 saturated carbocycles. The lowest BCUT2D eigenvalue weighted by Gasteiger charge is -2.23. The van der Waals surface area contributed by atoms with Gasteiger partial charge in [-0.3, -0.25) is 9.59 Å². The lowest BCUT2D eigenvalue weighted by molar-refractivity contribution is -0.123. The number of hydrogen-bond acceptors (Lipinski definition) is 4. The number of rotatable bonds is 3. The molecule has 6 heteroatoms. The molecule has 27 heavy (non-hydrogen) atoms. The molecule has 3 unspecified atom stereocenters. The summed E-state index contributed by atoms with van der Waals surface area (Å²) in [4.78, 5) is 27.5. The smallest absolute Gasteiger partial charge is 0.231 e. The zero-order valence-electron chi connectivity index (χ0n) is 15.0. The minimum absolute atomic E-state index is 0.0540. The van der Waals surface area contributed by atoms with Crippen molar-refractivity contribution in [2.45, 2.75) is 25.8 Å². The molecule has 0 radical (unpaired) electrons. The second kappa shape index (κ2) is 6.01. The zero-order chi connectivity index (χ0) is 18.5. The molecule has 138 valence electrons. The SMILES string of the molecule is CC1Cc2ccccc2N1C(=O)C1CC1C(=O)Nc1ccc2c(c1)OCO2. The van der Waals surface area contributed by atoms with Crippen LogP contribution < -0.4 is 19.7 Å². The molecule has 0 spiro atoms. The highest BCUT2D eigenvalue weighted by Crippen LogP contribution is 2.44. The van der Waals surface area contributed by atoms with E-state index < -0.39 is 0 Å². The third kappa shape index (κ3) is 2.72. The number of hydrogen-bond donors (Lipinski definition) is 1. The summed E-state index contributed by atoms with van der Waals surface area (Å²) in [5.41, 5.74) is 2.83. The Labute approximate surface area is 157 Å². The summed E-state index contributed by atoms with van der Waals surface area (Å²) in [6.45, 7) is 2.25. The van der Waals surface area contributed by atoms with E-state index in [0.717, 1.165) is 12.1 Å². The fourth-order valence-corrected chi connectivity index (χ4v) is 4.05. The molecule has 0 aromatic heterocycles. The van der Waals surface area contributed by atoms with Crippen LogP contribution in [0.3, 0.4) is 0 Å². The first-order valence-corrected chi connectivity index (χ1v) is 9.23. The molecule has 2 heterocycles. The molecule has 0 bridgehead atoms. The number of ether oxygens (including phenoxy) is 2. The predicted octanol–water partition coefficient (Wildman–Crippen LogP) is 2.97. The fourth-order valence-electron chi connectivity index (χ4n) is 4.05. The molecule has 1 N–H and O–H groups in total. The Morgan fingerprint density at radius 3 is 2.78 bits per heavy atom. The molecule has 3 aliphatic rings. The molecule has 0 saturated heterocycles. The highest BCUT2D eigenvalue weighted by atomic mass is 16.7. The van der Waals surface area contributed by atoms with E-state index in [2.05, 4.69) is 18.3 Å². The average Bonchev–Trinajstić information content (AvgIpc) is 3.21. The van der Waals surface area contributed by atoms with Gasteiger partial charge < -0.3 is 19.7 Å². The number of amides is 2. The van der Waals surface area contributed by atoms with Gasteiger partial charge in [0.05, 0.1) is 11.8 Å². The van der Waals surface area contributed by atoms with Gasteiger partial charge in [0, 0.05) is 23.5 Å². The number of carbonyl (C=O) groups is 2. The molecular weight excluding hydrogens is 344 g/mol. The fraction of sp³-hybridized carbons (Fsp3) is 0.333. The van der Waals surface area contributed by atoms with Gasteiger partial charge in [0.15, 0.2) is 11.5 Å². The third-order valence-corrected chi connectivity index (χ3v) is 5.53. The molecule has 2 aromatic carbocycles. The van der Waals surface area contributed by atoms with Crippen LogP contribution in [0.5, 0.6) is 11.5 Å². The summed E-state index contributed by atoms with van der Waals surface area (Å²) in [7, 11) is 0.